The van der Waals surface area contributed by atoms with Gasteiger partial charge in [-0.25, -0.2) is 17.5 Å². The third kappa shape index (κ3) is 3.62. The average Bonchev–Trinajstić information content (AvgIpc) is 3.32. The fraction of sp³-hybridized carbons (Fsp3) is 0.600. The van der Waals surface area contributed by atoms with E-state index in [4.69, 9.17) is 0 Å². The number of sulfonamides is 1. The molecule has 2 N–H and O–H groups in total. The van der Waals surface area contributed by atoms with Crippen LogP contribution in [0.3, 0.4) is 0 Å². The van der Waals surface area contributed by atoms with Gasteiger partial charge in [-0.2, -0.15) is 0 Å². The highest BCUT2D eigenvalue weighted by atomic mass is 32.2. The minimum atomic E-state index is -3.55. The van der Waals surface area contributed by atoms with Gasteiger partial charge >= 0.3 is 0 Å². The zero-order chi connectivity index (χ0) is 15.0. The standard InChI is InChI=1S/C15H21FN2O2S/c1-2-10-8-15(10)18-21(19,20)13-5-6-14(16)11(7-13)9-17-12-3-4-12/h5-7,10,12,15,17-18H,2-4,8-9H2,1H3. The molecule has 21 heavy (non-hydrogen) atoms. The lowest BCUT2D eigenvalue weighted by molar-refractivity contribution is 0.570. The zero-order valence-corrected chi connectivity index (χ0v) is 12.9. The van der Waals surface area contributed by atoms with E-state index in [-0.39, 0.29) is 16.8 Å². The van der Waals surface area contributed by atoms with Gasteiger partial charge in [0.2, 0.25) is 10.0 Å². The topological polar surface area (TPSA) is 58.2 Å². The van der Waals surface area contributed by atoms with Crippen LogP contribution in [0.4, 0.5) is 4.39 Å². The van der Waals surface area contributed by atoms with Crippen molar-refractivity contribution in [2.75, 3.05) is 0 Å². The molecule has 4 nitrogen and oxygen atoms in total. The van der Waals surface area contributed by atoms with Crippen LogP contribution >= 0.6 is 0 Å². The van der Waals surface area contributed by atoms with Gasteiger partial charge in [-0.3, -0.25) is 0 Å². The lowest BCUT2D eigenvalue weighted by Gasteiger charge is -2.10. The van der Waals surface area contributed by atoms with E-state index in [9.17, 15) is 12.8 Å². The number of hydrogen-bond donors (Lipinski definition) is 2. The van der Waals surface area contributed by atoms with Crippen LogP contribution in [0.25, 0.3) is 0 Å². The number of nitrogens with one attached hydrogen (secondary N) is 2. The molecular formula is C15H21FN2O2S. The predicted octanol–water partition coefficient (Wildman–Crippen LogP) is 2.15. The van der Waals surface area contributed by atoms with Crippen LogP contribution < -0.4 is 10.0 Å². The molecular weight excluding hydrogens is 291 g/mol. The maximum Gasteiger partial charge on any atom is 0.240 e. The molecule has 1 aromatic rings. The van der Waals surface area contributed by atoms with Gasteiger partial charge in [-0.15, -0.1) is 0 Å². The Bertz CT molecular complexity index is 629. The van der Waals surface area contributed by atoms with Crippen molar-refractivity contribution in [3.05, 3.63) is 29.6 Å². The lowest BCUT2D eigenvalue weighted by atomic mass is 10.2. The maximum absolute atomic E-state index is 13.8. The highest BCUT2D eigenvalue weighted by molar-refractivity contribution is 7.89. The Kier molecular flexibility index (Phi) is 4.03. The van der Waals surface area contributed by atoms with Crippen molar-refractivity contribution in [3.8, 4) is 0 Å². The van der Waals surface area contributed by atoms with E-state index >= 15 is 0 Å². The summed E-state index contributed by atoms with van der Waals surface area (Å²) in [5.41, 5.74) is 0.410. The summed E-state index contributed by atoms with van der Waals surface area (Å²) in [7, 11) is -3.55. The molecule has 2 fully saturated rings. The van der Waals surface area contributed by atoms with Crippen LogP contribution in [0.15, 0.2) is 23.1 Å². The Morgan fingerprint density at radius 1 is 1.33 bits per heavy atom. The molecule has 116 valence electrons. The molecule has 1 aromatic carbocycles. The fourth-order valence-corrected chi connectivity index (χ4v) is 3.87. The molecule has 0 spiro atoms. The smallest absolute Gasteiger partial charge is 0.240 e. The van der Waals surface area contributed by atoms with Crippen LogP contribution in [-0.4, -0.2) is 20.5 Å². The molecule has 0 heterocycles. The van der Waals surface area contributed by atoms with Crippen LogP contribution in [0, 0.1) is 11.7 Å². The average molecular weight is 312 g/mol. The summed E-state index contributed by atoms with van der Waals surface area (Å²) in [6, 6.07) is 4.51. The molecule has 0 aromatic heterocycles. The summed E-state index contributed by atoms with van der Waals surface area (Å²) >= 11 is 0. The van der Waals surface area contributed by atoms with Crippen LogP contribution in [-0.2, 0) is 16.6 Å². The molecule has 0 radical (unpaired) electrons. The lowest BCUT2D eigenvalue weighted by Crippen LogP contribution is -2.27. The molecule has 2 aliphatic carbocycles. The molecule has 6 heteroatoms. The van der Waals surface area contributed by atoms with Crippen molar-refractivity contribution in [1.29, 1.82) is 0 Å². The predicted molar refractivity (Wildman–Crippen MR) is 78.8 cm³/mol. The highest BCUT2D eigenvalue weighted by Crippen LogP contribution is 2.34. The second-order valence-electron chi connectivity index (χ2n) is 6.04. The molecule has 0 amide bonds. The molecule has 2 atom stereocenters. The Labute approximate surface area is 125 Å². The van der Waals surface area contributed by atoms with Crippen molar-refractivity contribution in [3.63, 3.8) is 0 Å². The number of hydrogen-bond acceptors (Lipinski definition) is 3. The van der Waals surface area contributed by atoms with Gasteiger partial charge in [0.1, 0.15) is 5.82 Å². The van der Waals surface area contributed by atoms with E-state index in [1.807, 2.05) is 0 Å². The third-order valence-electron chi connectivity index (χ3n) is 4.24. The number of halogens is 1. The summed E-state index contributed by atoms with van der Waals surface area (Å²) in [4.78, 5) is 0.151. The number of benzene rings is 1. The third-order valence-corrected chi connectivity index (χ3v) is 5.73. The van der Waals surface area contributed by atoms with E-state index in [1.165, 1.54) is 18.2 Å². The fourth-order valence-electron chi connectivity index (χ4n) is 2.51. The van der Waals surface area contributed by atoms with Crippen molar-refractivity contribution in [2.45, 2.75) is 56.1 Å². The molecule has 0 bridgehead atoms. The van der Waals surface area contributed by atoms with Gasteiger partial charge in [0, 0.05) is 24.2 Å². The van der Waals surface area contributed by atoms with Gasteiger partial charge in [-0.05, 0) is 43.4 Å². The van der Waals surface area contributed by atoms with Crippen molar-refractivity contribution in [2.24, 2.45) is 5.92 Å². The Hall–Kier alpha value is -0.980. The zero-order valence-electron chi connectivity index (χ0n) is 12.1. The monoisotopic (exact) mass is 312 g/mol. The molecule has 0 saturated heterocycles. The number of rotatable bonds is 7. The van der Waals surface area contributed by atoms with Crippen LogP contribution in [0.5, 0.6) is 0 Å². The minimum Gasteiger partial charge on any atom is -0.310 e. The summed E-state index contributed by atoms with van der Waals surface area (Å²) < 4.78 is 41.1. The molecule has 3 rings (SSSR count). The van der Waals surface area contributed by atoms with Crippen molar-refractivity contribution in [1.82, 2.24) is 10.0 Å². The summed E-state index contributed by atoms with van der Waals surface area (Å²) in [5, 5.41) is 3.21. The molecule has 2 saturated carbocycles. The summed E-state index contributed by atoms with van der Waals surface area (Å²) in [6.07, 6.45) is 4.10. The second-order valence-corrected chi connectivity index (χ2v) is 7.75. The first kappa shape index (κ1) is 14.9. The van der Waals surface area contributed by atoms with E-state index in [1.54, 1.807) is 0 Å². The van der Waals surface area contributed by atoms with E-state index < -0.39 is 10.0 Å². The first-order valence-corrected chi connectivity index (χ1v) is 9.02. The van der Waals surface area contributed by atoms with Crippen molar-refractivity contribution >= 4 is 10.0 Å². The van der Waals surface area contributed by atoms with Gasteiger partial charge in [-0.1, -0.05) is 13.3 Å². The Morgan fingerprint density at radius 2 is 2.10 bits per heavy atom. The van der Waals surface area contributed by atoms with Gasteiger partial charge in [0.15, 0.2) is 0 Å². The van der Waals surface area contributed by atoms with E-state index in [2.05, 4.69) is 17.0 Å². The molecule has 2 aliphatic rings. The minimum absolute atomic E-state index is 0.0399. The van der Waals surface area contributed by atoms with Crippen LogP contribution in [0.2, 0.25) is 0 Å². The van der Waals surface area contributed by atoms with E-state index in [0.717, 1.165) is 25.7 Å². The second kappa shape index (κ2) is 5.66. The van der Waals surface area contributed by atoms with Crippen molar-refractivity contribution < 1.29 is 12.8 Å². The van der Waals surface area contributed by atoms with E-state index in [0.29, 0.717) is 24.1 Å². The summed E-state index contributed by atoms with van der Waals surface area (Å²) in [6.45, 7) is 2.43. The van der Waals surface area contributed by atoms with Gasteiger partial charge in [0.05, 0.1) is 4.90 Å². The SMILES string of the molecule is CCC1CC1NS(=O)(=O)c1ccc(F)c(CNC2CC2)c1. The normalized spacial score (nSPS) is 25.0. The van der Waals surface area contributed by atoms with Gasteiger partial charge < -0.3 is 5.32 Å². The first-order chi connectivity index (χ1) is 9.99. The Balaban J connectivity index is 1.72. The Morgan fingerprint density at radius 3 is 2.71 bits per heavy atom. The first-order valence-electron chi connectivity index (χ1n) is 7.53. The highest BCUT2D eigenvalue weighted by Gasteiger charge is 2.38. The molecule has 2 unspecified atom stereocenters. The largest absolute Gasteiger partial charge is 0.310 e. The maximum atomic E-state index is 13.8. The van der Waals surface area contributed by atoms with Gasteiger partial charge in [0.25, 0.3) is 0 Å². The summed E-state index contributed by atoms with van der Waals surface area (Å²) in [5.74, 6) is 0.0798. The molecule has 0 aliphatic heterocycles. The van der Waals surface area contributed by atoms with Crippen LogP contribution in [0.1, 0.15) is 38.2 Å². The quantitative estimate of drug-likeness (QED) is 0.811.